The van der Waals surface area contributed by atoms with E-state index in [1.54, 1.807) is 12.3 Å². The van der Waals surface area contributed by atoms with Crippen molar-refractivity contribution in [2.75, 3.05) is 5.32 Å². The molecular formula is C19H19N3O2. The predicted octanol–water partition coefficient (Wildman–Crippen LogP) is 4.16. The van der Waals surface area contributed by atoms with Crippen LogP contribution in [-0.2, 0) is 4.74 Å². The van der Waals surface area contributed by atoms with Crippen molar-refractivity contribution in [1.82, 2.24) is 10.2 Å². The van der Waals surface area contributed by atoms with E-state index in [-0.39, 0.29) is 6.10 Å². The monoisotopic (exact) mass is 321 g/mol. The van der Waals surface area contributed by atoms with Gasteiger partial charge >= 0.3 is 6.09 Å². The molecule has 1 aromatic heterocycles. The maximum atomic E-state index is 11.9. The zero-order valence-electron chi connectivity index (χ0n) is 13.2. The third-order valence-corrected chi connectivity index (χ3v) is 4.56. The van der Waals surface area contributed by atoms with E-state index in [2.05, 4.69) is 51.9 Å². The summed E-state index contributed by atoms with van der Waals surface area (Å²) in [6, 6.07) is 12.2. The molecule has 2 unspecified atom stereocenters. The van der Waals surface area contributed by atoms with Crippen LogP contribution in [0.2, 0.25) is 0 Å². The van der Waals surface area contributed by atoms with Gasteiger partial charge in [0.25, 0.3) is 0 Å². The van der Waals surface area contributed by atoms with Crippen LogP contribution >= 0.6 is 0 Å². The highest BCUT2D eigenvalue weighted by Crippen LogP contribution is 2.41. The Labute approximate surface area is 140 Å². The summed E-state index contributed by atoms with van der Waals surface area (Å²) >= 11 is 0. The average Bonchev–Trinajstić information content (AvgIpc) is 3.24. The van der Waals surface area contributed by atoms with E-state index in [0.29, 0.717) is 11.7 Å². The van der Waals surface area contributed by atoms with Gasteiger partial charge in [-0.2, -0.15) is 5.10 Å². The van der Waals surface area contributed by atoms with Gasteiger partial charge in [0, 0.05) is 12.0 Å². The fourth-order valence-electron chi connectivity index (χ4n) is 3.41. The summed E-state index contributed by atoms with van der Waals surface area (Å²) in [4.78, 5) is 11.9. The van der Waals surface area contributed by atoms with E-state index in [1.165, 1.54) is 16.7 Å². The number of allylic oxidation sites excluding steroid dienone is 3. The highest BCUT2D eigenvalue weighted by Gasteiger charge is 2.27. The van der Waals surface area contributed by atoms with Gasteiger partial charge in [0.2, 0.25) is 0 Å². The highest BCUT2D eigenvalue weighted by atomic mass is 16.6. The molecule has 2 atom stereocenters. The van der Waals surface area contributed by atoms with Crippen LogP contribution in [0.3, 0.4) is 0 Å². The Morgan fingerprint density at radius 2 is 2.04 bits per heavy atom. The van der Waals surface area contributed by atoms with Gasteiger partial charge < -0.3 is 4.74 Å². The molecule has 2 aromatic rings. The number of nitrogens with zero attached hydrogens (tertiary/aromatic N) is 1. The zero-order valence-corrected chi connectivity index (χ0v) is 13.2. The first-order chi connectivity index (χ1) is 11.8. The molecule has 2 N–H and O–H groups in total. The number of hydrogen-bond donors (Lipinski definition) is 2. The van der Waals surface area contributed by atoms with Crippen LogP contribution in [0.4, 0.5) is 10.6 Å². The van der Waals surface area contributed by atoms with Crippen molar-refractivity contribution in [2.24, 2.45) is 0 Å². The average molecular weight is 321 g/mol. The Balaban J connectivity index is 1.41. The van der Waals surface area contributed by atoms with Gasteiger partial charge in [-0.15, -0.1) is 0 Å². The number of H-pyrrole nitrogens is 1. The van der Waals surface area contributed by atoms with E-state index in [0.717, 1.165) is 19.3 Å². The fraction of sp³-hybridized carbons (Fsp3) is 0.263. The van der Waals surface area contributed by atoms with Crippen molar-refractivity contribution in [3.63, 3.8) is 0 Å². The summed E-state index contributed by atoms with van der Waals surface area (Å²) in [7, 11) is 0. The molecule has 2 aliphatic carbocycles. The van der Waals surface area contributed by atoms with Crippen molar-refractivity contribution in [3.8, 4) is 0 Å². The number of aromatic nitrogens is 2. The molecule has 1 heterocycles. The van der Waals surface area contributed by atoms with Gasteiger partial charge in [-0.05, 0) is 42.0 Å². The molecule has 0 spiro atoms. The van der Waals surface area contributed by atoms with E-state index in [4.69, 9.17) is 4.74 Å². The molecular weight excluding hydrogens is 302 g/mol. The minimum absolute atomic E-state index is 0.172. The lowest BCUT2D eigenvalue weighted by Gasteiger charge is -2.21. The quantitative estimate of drug-likeness (QED) is 0.892. The molecule has 0 saturated heterocycles. The smallest absolute Gasteiger partial charge is 0.413 e. The molecule has 1 aromatic carbocycles. The molecule has 0 fully saturated rings. The number of anilines is 1. The van der Waals surface area contributed by atoms with Crippen molar-refractivity contribution >= 4 is 11.9 Å². The van der Waals surface area contributed by atoms with E-state index < -0.39 is 6.09 Å². The lowest BCUT2D eigenvalue weighted by atomic mass is 9.93. The second-order valence-corrected chi connectivity index (χ2v) is 6.18. The summed E-state index contributed by atoms with van der Waals surface area (Å²) in [5.74, 6) is 0.971. The van der Waals surface area contributed by atoms with E-state index in [9.17, 15) is 4.79 Å². The number of ether oxygens (including phenoxy) is 1. The lowest BCUT2D eigenvalue weighted by Crippen LogP contribution is -2.23. The Bertz CT molecular complexity index is 778. The Hall–Kier alpha value is -2.82. The number of carbonyl (C=O) groups excluding carboxylic acids is 1. The van der Waals surface area contributed by atoms with Crippen molar-refractivity contribution in [3.05, 3.63) is 71.5 Å². The Kier molecular flexibility index (Phi) is 3.91. The molecule has 5 heteroatoms. The number of fused-ring (bicyclic) bond motifs is 1. The normalized spacial score (nSPS) is 22.3. The summed E-state index contributed by atoms with van der Waals surface area (Å²) in [6.07, 6.45) is 8.19. The largest absolute Gasteiger partial charge is 0.442 e. The molecule has 0 aliphatic heterocycles. The van der Waals surface area contributed by atoms with Crippen LogP contribution in [0.25, 0.3) is 0 Å². The van der Waals surface area contributed by atoms with Gasteiger partial charge in [-0.3, -0.25) is 10.4 Å². The number of hydrogen-bond acceptors (Lipinski definition) is 3. The SMILES string of the molecule is O=C(Nc1ccn[nH]1)OC1C=C2CC(c3ccccc3)C=C2CC1. The molecule has 5 nitrogen and oxygen atoms in total. The first kappa shape index (κ1) is 14.8. The topological polar surface area (TPSA) is 67.0 Å². The standard InChI is InChI=1S/C19H19N3O2/c23-19(21-18-8-9-20-22-18)24-17-7-6-14-10-15(11-16(14)12-17)13-4-2-1-3-5-13/h1-5,8-10,12,15,17H,6-7,11H2,(H2,20,21,22,23). The zero-order chi connectivity index (χ0) is 16.4. The Morgan fingerprint density at radius 3 is 2.83 bits per heavy atom. The number of benzene rings is 1. The third kappa shape index (κ3) is 3.11. The van der Waals surface area contributed by atoms with Crippen LogP contribution in [0.1, 0.15) is 30.7 Å². The summed E-state index contributed by atoms with van der Waals surface area (Å²) in [5.41, 5.74) is 4.06. The van der Waals surface area contributed by atoms with Gasteiger partial charge in [0.05, 0.1) is 6.20 Å². The molecule has 2 aliphatic rings. The molecule has 0 saturated carbocycles. The van der Waals surface area contributed by atoms with Gasteiger partial charge in [0.1, 0.15) is 11.9 Å². The molecule has 4 rings (SSSR count). The van der Waals surface area contributed by atoms with Crippen LogP contribution in [0, 0.1) is 0 Å². The van der Waals surface area contributed by atoms with Crippen LogP contribution in [-0.4, -0.2) is 22.4 Å². The van der Waals surface area contributed by atoms with Gasteiger partial charge in [0.15, 0.2) is 0 Å². The molecule has 122 valence electrons. The number of aromatic amines is 1. The maximum absolute atomic E-state index is 11.9. The van der Waals surface area contributed by atoms with Crippen molar-refractivity contribution in [1.29, 1.82) is 0 Å². The van der Waals surface area contributed by atoms with Crippen molar-refractivity contribution in [2.45, 2.75) is 31.3 Å². The van der Waals surface area contributed by atoms with Gasteiger partial charge in [-0.25, -0.2) is 4.79 Å². The fourth-order valence-corrected chi connectivity index (χ4v) is 3.41. The van der Waals surface area contributed by atoms with Crippen molar-refractivity contribution < 1.29 is 9.53 Å². The number of rotatable bonds is 3. The van der Waals surface area contributed by atoms with E-state index >= 15 is 0 Å². The molecule has 0 bridgehead atoms. The lowest BCUT2D eigenvalue weighted by molar-refractivity contribution is 0.128. The predicted molar refractivity (Wildman–Crippen MR) is 91.7 cm³/mol. The minimum Gasteiger partial charge on any atom is -0.442 e. The van der Waals surface area contributed by atoms with Crippen LogP contribution < -0.4 is 5.32 Å². The maximum Gasteiger partial charge on any atom is 0.413 e. The minimum atomic E-state index is -0.453. The molecule has 24 heavy (non-hydrogen) atoms. The molecule has 0 radical (unpaired) electrons. The van der Waals surface area contributed by atoms with Gasteiger partial charge in [-0.1, -0.05) is 36.4 Å². The summed E-state index contributed by atoms with van der Waals surface area (Å²) in [5, 5.41) is 9.11. The van der Waals surface area contributed by atoms with Crippen LogP contribution in [0.5, 0.6) is 0 Å². The highest BCUT2D eigenvalue weighted by molar-refractivity contribution is 5.83. The van der Waals surface area contributed by atoms with Crippen LogP contribution in [0.15, 0.2) is 65.9 Å². The number of nitrogens with one attached hydrogen (secondary N) is 2. The third-order valence-electron chi connectivity index (χ3n) is 4.56. The molecule has 1 amide bonds. The first-order valence-corrected chi connectivity index (χ1v) is 8.21. The summed E-state index contributed by atoms with van der Waals surface area (Å²) < 4.78 is 5.51. The Morgan fingerprint density at radius 1 is 1.17 bits per heavy atom. The second-order valence-electron chi connectivity index (χ2n) is 6.18. The first-order valence-electron chi connectivity index (χ1n) is 8.21. The van der Waals surface area contributed by atoms with E-state index in [1.807, 2.05) is 6.07 Å². The number of amides is 1. The summed E-state index contributed by atoms with van der Waals surface area (Å²) in [6.45, 7) is 0. The number of carbonyl (C=O) groups is 1. The second kappa shape index (κ2) is 6.35.